The van der Waals surface area contributed by atoms with Crippen LogP contribution in [0.3, 0.4) is 0 Å². The average Bonchev–Trinajstić information content (AvgIpc) is 4.01. The van der Waals surface area contributed by atoms with E-state index in [0.717, 1.165) is 0 Å². The maximum Gasteiger partial charge on any atom is 2.00 e. The minimum Gasteiger partial charge on any atom is -0.491 e. The molecule has 7 aromatic rings. The fourth-order valence-corrected chi connectivity index (χ4v) is 7.14. The molecule has 61 heavy (non-hydrogen) atoms. The third-order valence-electron chi connectivity index (χ3n) is 9.84. The molecule has 0 spiro atoms. The van der Waals surface area contributed by atoms with Gasteiger partial charge in [-0.15, -0.1) is 0 Å². The van der Waals surface area contributed by atoms with Crippen molar-refractivity contribution in [1.29, 1.82) is 0 Å². The number of fused-ring (bicyclic) bond motifs is 20. The van der Waals surface area contributed by atoms with Gasteiger partial charge >= 0.3 is 19.5 Å². The number of ether oxygens (including phenoxy) is 8. The SMILES string of the molecule is COCCOc1cccc2c1-c1nc-2nc2[n-]c(nc3nc(nc4[n-]c(n1)c1cccc(OCCOC)c41)-c1cccc(OCCOC)c1-3)c1cccc(OCCOC)c21.[Zn+2]. The normalized spacial score (nSPS) is 11.6. The van der Waals surface area contributed by atoms with Crippen molar-refractivity contribution in [2.45, 2.75) is 0 Å². The molecule has 0 unspecified atom stereocenters. The Morgan fingerprint density at radius 3 is 1.11 bits per heavy atom. The van der Waals surface area contributed by atoms with Crippen LogP contribution >= 0.6 is 0 Å². The predicted octanol–water partition coefficient (Wildman–Crippen LogP) is 6.23. The fraction of sp³-hybridized carbons (Fsp3) is 0.273. The zero-order chi connectivity index (χ0) is 41.0. The van der Waals surface area contributed by atoms with Gasteiger partial charge in [-0.1, -0.05) is 48.5 Å². The first-order valence-corrected chi connectivity index (χ1v) is 19.3. The van der Waals surface area contributed by atoms with Crippen molar-refractivity contribution >= 4 is 44.1 Å². The van der Waals surface area contributed by atoms with Crippen LogP contribution in [-0.2, 0) is 38.4 Å². The van der Waals surface area contributed by atoms with Crippen molar-refractivity contribution in [3.05, 3.63) is 72.8 Å². The molecule has 17 heteroatoms. The van der Waals surface area contributed by atoms with Crippen LogP contribution in [0.25, 0.3) is 89.7 Å². The van der Waals surface area contributed by atoms with Gasteiger partial charge in [0.05, 0.1) is 60.9 Å². The molecule has 3 aromatic heterocycles. The van der Waals surface area contributed by atoms with Crippen LogP contribution in [0.15, 0.2) is 72.8 Å². The van der Waals surface area contributed by atoms with Gasteiger partial charge in [-0.25, -0.2) is 9.97 Å². The van der Waals surface area contributed by atoms with E-state index in [4.69, 9.17) is 77.8 Å². The Labute approximate surface area is 362 Å². The van der Waals surface area contributed by atoms with Crippen molar-refractivity contribution in [3.8, 4) is 68.5 Å². The van der Waals surface area contributed by atoms with E-state index in [1.54, 1.807) is 28.4 Å². The maximum absolute atomic E-state index is 6.25. The summed E-state index contributed by atoms with van der Waals surface area (Å²) in [6.45, 7) is 2.75. The van der Waals surface area contributed by atoms with Gasteiger partial charge in [0.25, 0.3) is 0 Å². The van der Waals surface area contributed by atoms with Gasteiger partial charge < -0.3 is 67.8 Å². The van der Waals surface area contributed by atoms with Gasteiger partial charge in [-0.2, -0.15) is 0 Å². The predicted molar refractivity (Wildman–Crippen MR) is 223 cm³/mol. The van der Waals surface area contributed by atoms with Gasteiger partial charge in [-0.3, -0.25) is 0 Å². The summed E-state index contributed by atoms with van der Waals surface area (Å²) < 4.78 is 46.2. The van der Waals surface area contributed by atoms with Crippen molar-refractivity contribution in [2.24, 2.45) is 0 Å². The van der Waals surface area contributed by atoms with Crippen molar-refractivity contribution in [3.63, 3.8) is 0 Å². The van der Waals surface area contributed by atoms with E-state index in [9.17, 15) is 0 Å². The zero-order valence-electron chi connectivity index (χ0n) is 34.1. The minimum atomic E-state index is 0. The number of nitrogens with zero attached hydrogens (tertiary/aromatic N) is 8. The smallest absolute Gasteiger partial charge is 0.491 e. The Balaban J connectivity index is 0.00000514. The summed E-state index contributed by atoms with van der Waals surface area (Å²) in [5.41, 5.74) is 4.08. The molecule has 2 aliphatic rings. The van der Waals surface area contributed by atoms with Gasteiger partial charge in [0.2, 0.25) is 0 Å². The molecule has 0 saturated heterocycles. The molecule has 16 nitrogen and oxygen atoms in total. The van der Waals surface area contributed by atoms with Crippen molar-refractivity contribution in [1.82, 2.24) is 39.9 Å². The third kappa shape index (κ3) is 8.10. The zero-order valence-corrected chi connectivity index (χ0v) is 37.1. The maximum atomic E-state index is 6.25. The number of benzene rings is 4. The Morgan fingerprint density at radius 1 is 0.377 bits per heavy atom. The number of hydrogen-bond donors (Lipinski definition) is 0. The summed E-state index contributed by atoms with van der Waals surface area (Å²) in [7, 11) is 6.50. The van der Waals surface area contributed by atoms with Crippen LogP contribution in [0, 0.1) is 0 Å². The number of hydrogen-bond acceptors (Lipinski definition) is 14. The quantitative estimate of drug-likeness (QED) is 0.0788. The average molecular weight is 874 g/mol. The van der Waals surface area contributed by atoms with E-state index in [1.807, 2.05) is 72.8 Å². The van der Waals surface area contributed by atoms with E-state index in [1.165, 1.54) is 0 Å². The second-order valence-corrected chi connectivity index (χ2v) is 13.6. The molecular formula is C44H40N8O8Zn. The molecule has 0 aliphatic carbocycles. The summed E-state index contributed by atoms with van der Waals surface area (Å²) in [6, 6.07) is 22.7. The summed E-state index contributed by atoms with van der Waals surface area (Å²) in [5.74, 6) is 3.64. The topological polar surface area (TPSA) is 179 Å². The van der Waals surface area contributed by atoms with E-state index in [2.05, 4.69) is 0 Å². The number of rotatable bonds is 16. The van der Waals surface area contributed by atoms with Crippen LogP contribution in [0.5, 0.6) is 23.0 Å². The Kier molecular flexibility index (Phi) is 12.7. The molecular weight excluding hydrogens is 834 g/mol. The first kappa shape index (κ1) is 41.6. The second-order valence-electron chi connectivity index (χ2n) is 13.6. The summed E-state index contributed by atoms with van der Waals surface area (Å²) in [4.78, 5) is 40.7. The largest absolute Gasteiger partial charge is 2.00 e. The molecule has 8 bridgehead atoms. The van der Waals surface area contributed by atoms with E-state index in [-0.39, 0.29) is 19.5 Å². The summed E-state index contributed by atoms with van der Waals surface area (Å²) in [6.07, 6.45) is 0. The van der Waals surface area contributed by atoms with Crippen molar-refractivity contribution in [2.75, 3.05) is 81.3 Å². The molecule has 5 heterocycles. The minimum absolute atomic E-state index is 0. The number of methoxy groups -OCH3 is 4. The Morgan fingerprint density at radius 2 is 0.721 bits per heavy atom. The van der Waals surface area contributed by atoms with Crippen LogP contribution in [0.1, 0.15) is 0 Å². The molecule has 0 saturated carbocycles. The van der Waals surface area contributed by atoms with E-state index >= 15 is 0 Å². The summed E-state index contributed by atoms with van der Waals surface area (Å²) >= 11 is 0. The molecule has 0 atom stereocenters. The molecule has 2 aliphatic heterocycles. The molecule has 0 radical (unpaired) electrons. The molecule has 0 N–H and O–H groups in total. The van der Waals surface area contributed by atoms with Crippen LogP contribution in [-0.4, -0.2) is 111 Å². The third-order valence-corrected chi connectivity index (χ3v) is 9.84. The van der Waals surface area contributed by atoms with Gasteiger partial charge in [0, 0.05) is 72.9 Å². The fourth-order valence-electron chi connectivity index (χ4n) is 7.14. The van der Waals surface area contributed by atoms with Crippen LogP contribution < -0.4 is 28.9 Å². The number of aromatic nitrogens is 8. The van der Waals surface area contributed by atoms with Crippen molar-refractivity contribution < 1.29 is 57.4 Å². The van der Waals surface area contributed by atoms with E-state index in [0.29, 0.717) is 166 Å². The summed E-state index contributed by atoms with van der Waals surface area (Å²) in [5, 5.41) is 2.67. The molecule has 306 valence electrons. The van der Waals surface area contributed by atoms with Crippen LogP contribution in [0.4, 0.5) is 0 Å². The Hall–Kier alpha value is -6.10. The van der Waals surface area contributed by atoms with E-state index < -0.39 is 0 Å². The second kappa shape index (κ2) is 18.7. The van der Waals surface area contributed by atoms with Gasteiger partial charge in [-0.05, 0) is 35.0 Å². The Bertz CT molecular complexity index is 2690. The monoisotopic (exact) mass is 872 g/mol. The molecule has 9 rings (SSSR count). The van der Waals surface area contributed by atoms with Gasteiger partial charge in [0.1, 0.15) is 49.4 Å². The first-order chi connectivity index (χ1) is 29.6. The molecule has 0 fully saturated rings. The first-order valence-electron chi connectivity index (χ1n) is 19.3. The van der Waals surface area contributed by atoms with Crippen LogP contribution in [0.2, 0.25) is 0 Å². The molecule has 0 amide bonds. The molecule has 4 aromatic carbocycles. The standard InChI is InChI=1S/C44H40N8O8.Zn/c1-53-17-21-57-29-13-5-9-25-33(29)41-45-37(25)50-42-35-27(11-7-15-31(35)59-23-19-55-3)39(47-42)52-44-36-28(12-8-16-32(36)60-24-20-56-4)40(48-44)51-43-34-26(38(46-43)49-41)10-6-14-30(34)58-22-18-54-2;/h5-16H,17-24H2,1-4H3;/q-2;+2. The van der Waals surface area contributed by atoms with Gasteiger partial charge in [0.15, 0.2) is 0 Å².